The van der Waals surface area contributed by atoms with Crippen molar-refractivity contribution in [3.05, 3.63) is 47.4 Å². The molecule has 3 aromatic heterocycles. The van der Waals surface area contributed by atoms with Gasteiger partial charge in [-0.3, -0.25) is 9.38 Å². The molecule has 0 aliphatic rings. The van der Waals surface area contributed by atoms with Crippen LogP contribution < -0.4 is 10.1 Å². The Hall–Kier alpha value is -1.92. The van der Waals surface area contributed by atoms with E-state index < -0.39 is 0 Å². The summed E-state index contributed by atoms with van der Waals surface area (Å²) in [4.78, 5) is 9.75. The van der Waals surface area contributed by atoms with Crippen LogP contribution in [0.4, 0.5) is 0 Å². The fraction of sp³-hybridized carbons (Fsp3) is 0.286. The molecule has 5 nitrogen and oxygen atoms in total. The number of methoxy groups -OCH3 is 1. The number of pyridine rings is 1. The summed E-state index contributed by atoms with van der Waals surface area (Å²) in [5.41, 5.74) is 2.06. The average Bonchev–Trinajstić information content (AvgIpc) is 3.06. The van der Waals surface area contributed by atoms with Crippen LogP contribution in [0.3, 0.4) is 0 Å². The highest BCUT2D eigenvalue weighted by Crippen LogP contribution is 2.23. The van der Waals surface area contributed by atoms with E-state index in [2.05, 4.69) is 26.6 Å². The summed E-state index contributed by atoms with van der Waals surface area (Å²) in [7, 11) is 1.65. The van der Waals surface area contributed by atoms with E-state index in [4.69, 9.17) is 4.74 Å². The number of nitrogens with zero attached hydrogens (tertiary/aromatic N) is 3. The van der Waals surface area contributed by atoms with Crippen LogP contribution in [0.5, 0.6) is 5.88 Å². The maximum absolute atomic E-state index is 5.35. The minimum Gasteiger partial charge on any atom is -0.480 e. The lowest BCUT2D eigenvalue weighted by atomic mass is 10.2. The lowest BCUT2D eigenvalue weighted by Gasteiger charge is -2.13. The molecule has 1 atom stereocenters. The zero-order valence-corrected chi connectivity index (χ0v) is 12.2. The molecule has 3 heterocycles. The van der Waals surface area contributed by atoms with Gasteiger partial charge in [0.15, 0.2) is 4.96 Å². The number of ether oxygens (including phenoxy) is 1. The van der Waals surface area contributed by atoms with Gasteiger partial charge in [-0.15, -0.1) is 11.3 Å². The molecule has 0 aliphatic carbocycles. The van der Waals surface area contributed by atoms with Crippen LogP contribution in [0.2, 0.25) is 0 Å². The van der Waals surface area contributed by atoms with Crippen molar-refractivity contribution in [3.63, 3.8) is 0 Å². The van der Waals surface area contributed by atoms with Crippen LogP contribution in [0.1, 0.15) is 24.4 Å². The van der Waals surface area contributed by atoms with E-state index in [-0.39, 0.29) is 6.04 Å². The Morgan fingerprint density at radius 2 is 2.35 bits per heavy atom. The Labute approximate surface area is 121 Å². The van der Waals surface area contributed by atoms with Crippen LogP contribution in [-0.4, -0.2) is 21.5 Å². The predicted octanol–water partition coefficient (Wildman–Crippen LogP) is 2.65. The van der Waals surface area contributed by atoms with Gasteiger partial charge in [-0.05, 0) is 19.1 Å². The Bertz CT molecular complexity index is 692. The summed E-state index contributed by atoms with van der Waals surface area (Å²) in [6.45, 7) is 2.78. The lowest BCUT2D eigenvalue weighted by Crippen LogP contribution is -2.20. The molecular weight excluding hydrogens is 272 g/mol. The molecule has 104 valence electrons. The maximum Gasteiger partial charge on any atom is 0.237 e. The summed E-state index contributed by atoms with van der Waals surface area (Å²) < 4.78 is 7.40. The molecule has 0 saturated heterocycles. The Balaban J connectivity index is 1.78. The summed E-state index contributed by atoms with van der Waals surface area (Å²) >= 11 is 1.60. The van der Waals surface area contributed by atoms with E-state index in [1.807, 2.05) is 36.0 Å². The van der Waals surface area contributed by atoms with Crippen LogP contribution in [0.15, 0.2) is 36.0 Å². The second-order valence-electron chi connectivity index (χ2n) is 4.48. The Morgan fingerprint density at radius 3 is 3.10 bits per heavy atom. The SMILES string of the molecule is COc1nc2sccn2c1CNC(C)c1ccccn1. The molecule has 0 amide bonds. The highest BCUT2D eigenvalue weighted by atomic mass is 32.1. The van der Waals surface area contributed by atoms with Gasteiger partial charge in [0, 0.05) is 30.4 Å². The van der Waals surface area contributed by atoms with Crippen molar-refractivity contribution >= 4 is 16.3 Å². The summed E-state index contributed by atoms with van der Waals surface area (Å²) in [5.74, 6) is 0.678. The van der Waals surface area contributed by atoms with E-state index in [0.717, 1.165) is 16.3 Å². The average molecular weight is 288 g/mol. The number of rotatable bonds is 5. The molecule has 20 heavy (non-hydrogen) atoms. The van der Waals surface area contributed by atoms with Crippen molar-refractivity contribution in [1.82, 2.24) is 19.7 Å². The van der Waals surface area contributed by atoms with Crippen molar-refractivity contribution in [1.29, 1.82) is 0 Å². The number of fused-ring (bicyclic) bond motifs is 1. The number of hydrogen-bond donors (Lipinski definition) is 1. The molecular formula is C14H16N4OS. The van der Waals surface area contributed by atoms with Gasteiger partial charge in [0.25, 0.3) is 0 Å². The van der Waals surface area contributed by atoms with Crippen molar-refractivity contribution in [3.8, 4) is 5.88 Å². The maximum atomic E-state index is 5.35. The van der Waals surface area contributed by atoms with Crippen molar-refractivity contribution in [2.45, 2.75) is 19.5 Å². The third-order valence-electron chi connectivity index (χ3n) is 3.22. The standard InChI is InChI=1S/C14H16N4OS/c1-10(11-5-3-4-6-15-11)16-9-12-13(19-2)17-14-18(12)7-8-20-14/h3-8,10,16H,9H2,1-2H3. The fourth-order valence-corrected chi connectivity index (χ4v) is 2.85. The van der Waals surface area contributed by atoms with Crippen LogP contribution in [0.25, 0.3) is 4.96 Å². The normalized spacial score (nSPS) is 12.7. The molecule has 3 aromatic rings. The summed E-state index contributed by atoms with van der Waals surface area (Å²) in [6.07, 6.45) is 3.82. The first-order chi connectivity index (χ1) is 9.79. The number of hydrogen-bond acceptors (Lipinski definition) is 5. The first-order valence-corrected chi connectivity index (χ1v) is 7.30. The van der Waals surface area contributed by atoms with Gasteiger partial charge >= 0.3 is 0 Å². The Kier molecular flexibility index (Phi) is 3.66. The monoisotopic (exact) mass is 288 g/mol. The van der Waals surface area contributed by atoms with E-state index in [0.29, 0.717) is 12.4 Å². The van der Waals surface area contributed by atoms with E-state index in [1.165, 1.54) is 0 Å². The number of imidazole rings is 1. The number of thiazole rings is 1. The third kappa shape index (κ3) is 2.39. The highest BCUT2D eigenvalue weighted by Gasteiger charge is 2.15. The molecule has 1 unspecified atom stereocenters. The van der Waals surface area contributed by atoms with Gasteiger partial charge in [0.1, 0.15) is 5.69 Å². The van der Waals surface area contributed by atoms with E-state index in [9.17, 15) is 0 Å². The smallest absolute Gasteiger partial charge is 0.237 e. The van der Waals surface area contributed by atoms with Crippen LogP contribution >= 0.6 is 11.3 Å². The molecule has 0 fully saturated rings. The van der Waals surface area contributed by atoms with Gasteiger partial charge in [0.05, 0.1) is 12.8 Å². The first-order valence-electron chi connectivity index (χ1n) is 6.42. The van der Waals surface area contributed by atoms with Crippen molar-refractivity contribution in [2.75, 3.05) is 7.11 Å². The topological polar surface area (TPSA) is 51.5 Å². The van der Waals surface area contributed by atoms with Crippen LogP contribution in [0, 0.1) is 0 Å². The van der Waals surface area contributed by atoms with Gasteiger partial charge in [0.2, 0.25) is 5.88 Å². The molecule has 0 aliphatic heterocycles. The molecule has 0 aromatic carbocycles. The molecule has 0 saturated carbocycles. The van der Waals surface area contributed by atoms with E-state index in [1.54, 1.807) is 18.4 Å². The first kappa shape index (κ1) is 13.1. The quantitative estimate of drug-likeness (QED) is 0.784. The van der Waals surface area contributed by atoms with Gasteiger partial charge < -0.3 is 10.1 Å². The minimum atomic E-state index is 0.171. The van der Waals surface area contributed by atoms with Crippen molar-refractivity contribution < 1.29 is 4.74 Å². The minimum absolute atomic E-state index is 0.171. The largest absolute Gasteiger partial charge is 0.480 e. The molecule has 6 heteroatoms. The summed E-state index contributed by atoms with van der Waals surface area (Å²) in [5, 5.41) is 5.48. The zero-order valence-electron chi connectivity index (χ0n) is 11.4. The Morgan fingerprint density at radius 1 is 1.45 bits per heavy atom. The van der Waals surface area contributed by atoms with Gasteiger partial charge in [-0.25, -0.2) is 0 Å². The fourth-order valence-electron chi connectivity index (χ4n) is 2.12. The molecule has 3 rings (SSSR count). The van der Waals surface area contributed by atoms with E-state index >= 15 is 0 Å². The predicted molar refractivity (Wildman–Crippen MR) is 79.1 cm³/mol. The molecule has 0 radical (unpaired) electrons. The second kappa shape index (κ2) is 5.60. The molecule has 1 N–H and O–H groups in total. The number of aromatic nitrogens is 3. The van der Waals surface area contributed by atoms with Crippen LogP contribution in [-0.2, 0) is 6.54 Å². The molecule has 0 bridgehead atoms. The lowest BCUT2D eigenvalue weighted by molar-refractivity contribution is 0.391. The van der Waals surface area contributed by atoms with Crippen molar-refractivity contribution in [2.24, 2.45) is 0 Å². The molecule has 0 spiro atoms. The van der Waals surface area contributed by atoms with Gasteiger partial charge in [-0.1, -0.05) is 6.07 Å². The highest BCUT2D eigenvalue weighted by molar-refractivity contribution is 7.15. The summed E-state index contributed by atoms with van der Waals surface area (Å²) in [6, 6.07) is 6.11. The third-order valence-corrected chi connectivity index (χ3v) is 3.98. The zero-order chi connectivity index (χ0) is 13.9. The van der Waals surface area contributed by atoms with Gasteiger partial charge in [-0.2, -0.15) is 4.98 Å². The second-order valence-corrected chi connectivity index (χ2v) is 5.35. The number of nitrogens with one attached hydrogen (secondary N) is 1.